The minimum atomic E-state index is -0.604. The largest absolute Gasteiger partial charge is 0.443 e. The molecule has 0 aliphatic carbocycles. The molecule has 0 fully saturated rings. The molecule has 0 amide bonds. The van der Waals surface area contributed by atoms with E-state index in [1.807, 2.05) is 33.9 Å². The van der Waals surface area contributed by atoms with Crippen LogP contribution in [0.2, 0.25) is 0 Å². The maximum absolute atomic E-state index is 13.5. The van der Waals surface area contributed by atoms with Crippen LogP contribution in [-0.4, -0.2) is 30.9 Å². The first-order valence-corrected chi connectivity index (χ1v) is 11.9. The molecule has 0 saturated carbocycles. The number of thiophene rings is 1. The summed E-state index contributed by atoms with van der Waals surface area (Å²) in [5.41, 5.74) is 6.46. The molecular weight excluding hydrogens is 476 g/mol. The lowest BCUT2D eigenvalue weighted by Crippen LogP contribution is -2.27. The summed E-state index contributed by atoms with van der Waals surface area (Å²) in [6.07, 6.45) is 3.16. The summed E-state index contributed by atoms with van der Waals surface area (Å²) >= 11 is 5.25. The fourth-order valence-electron chi connectivity index (χ4n) is 4.04. The van der Waals surface area contributed by atoms with Gasteiger partial charge in [0.1, 0.15) is 16.8 Å². The molecule has 0 spiro atoms. The lowest BCUT2D eigenvalue weighted by atomic mass is 9.93. The Hall–Kier alpha value is -2.19. The van der Waals surface area contributed by atoms with E-state index in [2.05, 4.69) is 53.7 Å². The molecule has 0 radical (unpaired) electrons. The molecule has 0 aliphatic rings. The van der Waals surface area contributed by atoms with Crippen LogP contribution in [0.1, 0.15) is 62.8 Å². The van der Waals surface area contributed by atoms with Crippen molar-refractivity contribution in [1.29, 1.82) is 0 Å². The maximum atomic E-state index is 13.5. The number of hydrogen-bond donors (Lipinski definition) is 0. The number of aromatic nitrogens is 4. The zero-order valence-electron chi connectivity index (χ0n) is 19.1. The second-order valence-corrected chi connectivity index (χ2v) is 11.6. The molecule has 31 heavy (non-hydrogen) atoms. The summed E-state index contributed by atoms with van der Waals surface area (Å²) in [7, 11) is 0. The average molecular weight is 503 g/mol. The quantitative estimate of drug-likeness (QED) is 0.295. The molecule has 0 unspecified atom stereocenters. The van der Waals surface area contributed by atoms with Crippen LogP contribution in [0.4, 0.5) is 4.79 Å². The van der Waals surface area contributed by atoms with E-state index >= 15 is 0 Å². The fraction of sp³-hybridized carbons (Fsp3) is 0.435. The van der Waals surface area contributed by atoms with Gasteiger partial charge in [-0.15, -0.1) is 11.3 Å². The Morgan fingerprint density at radius 1 is 1.16 bits per heavy atom. The number of halogens is 1. The van der Waals surface area contributed by atoms with Gasteiger partial charge in [0.25, 0.3) is 0 Å². The second-order valence-electron chi connectivity index (χ2n) is 9.23. The predicted octanol–water partition coefficient (Wildman–Crippen LogP) is 7.01. The molecule has 6 nitrogen and oxygen atoms in total. The Balaban J connectivity index is 2.16. The van der Waals surface area contributed by atoms with Gasteiger partial charge in [-0.05, 0) is 85.6 Å². The highest BCUT2D eigenvalue weighted by Gasteiger charge is 2.31. The zero-order valence-corrected chi connectivity index (χ0v) is 21.5. The van der Waals surface area contributed by atoms with Crippen LogP contribution in [0.3, 0.4) is 0 Å². The Labute approximate surface area is 194 Å². The molecule has 0 atom stereocenters. The summed E-state index contributed by atoms with van der Waals surface area (Å²) in [6.45, 7) is 16.2. The number of hydrogen-bond acceptors (Lipinski definition) is 5. The van der Waals surface area contributed by atoms with Crippen LogP contribution < -0.4 is 0 Å². The van der Waals surface area contributed by atoms with E-state index in [0.29, 0.717) is 0 Å². The van der Waals surface area contributed by atoms with E-state index in [4.69, 9.17) is 4.74 Å². The predicted molar refractivity (Wildman–Crippen MR) is 129 cm³/mol. The number of rotatable bonds is 2. The molecule has 4 aromatic heterocycles. The number of fused-ring (bicyclic) bond motifs is 2. The van der Waals surface area contributed by atoms with Crippen molar-refractivity contribution >= 4 is 49.2 Å². The first-order chi connectivity index (χ1) is 14.4. The van der Waals surface area contributed by atoms with E-state index in [1.165, 1.54) is 0 Å². The number of nitrogens with zero attached hydrogens (tertiary/aromatic N) is 4. The van der Waals surface area contributed by atoms with Crippen molar-refractivity contribution in [2.24, 2.45) is 0 Å². The average Bonchev–Trinajstić information content (AvgIpc) is 3.31. The van der Waals surface area contributed by atoms with Gasteiger partial charge in [-0.25, -0.2) is 18.9 Å². The monoisotopic (exact) mass is 502 g/mol. The molecule has 0 bridgehead atoms. The number of pyridine rings is 1. The van der Waals surface area contributed by atoms with Crippen molar-refractivity contribution < 1.29 is 9.53 Å². The fourth-order valence-corrected chi connectivity index (χ4v) is 5.74. The second kappa shape index (κ2) is 7.45. The number of ether oxygens (including phenoxy) is 1. The van der Waals surface area contributed by atoms with Crippen molar-refractivity contribution in [2.45, 2.75) is 66.9 Å². The first kappa shape index (κ1) is 22.0. The van der Waals surface area contributed by atoms with Crippen LogP contribution in [0.5, 0.6) is 0 Å². The van der Waals surface area contributed by atoms with Gasteiger partial charge < -0.3 is 4.74 Å². The molecule has 8 heteroatoms. The van der Waals surface area contributed by atoms with Crippen LogP contribution >= 0.6 is 27.3 Å². The minimum absolute atomic E-state index is 0.201. The Morgan fingerprint density at radius 3 is 2.45 bits per heavy atom. The number of aryl methyl sites for hydroxylation is 2. The number of carbonyl (C=O) groups is 1. The topological polar surface area (TPSA) is 61.4 Å². The van der Waals surface area contributed by atoms with Gasteiger partial charge in [0.05, 0.1) is 9.48 Å². The van der Waals surface area contributed by atoms with E-state index in [1.54, 1.807) is 26.7 Å². The van der Waals surface area contributed by atoms with Gasteiger partial charge in [0.2, 0.25) is 0 Å². The Kier molecular flexibility index (Phi) is 5.29. The third-order valence-corrected chi connectivity index (χ3v) is 7.70. The highest BCUT2D eigenvalue weighted by Crippen LogP contribution is 2.47. The smallest absolute Gasteiger partial charge is 0.420 e. The molecule has 0 aliphatic heterocycles. The maximum Gasteiger partial charge on any atom is 0.420 e. The van der Waals surface area contributed by atoms with Crippen LogP contribution in [-0.2, 0) is 4.74 Å². The molecule has 0 saturated heterocycles. The summed E-state index contributed by atoms with van der Waals surface area (Å²) < 4.78 is 10.4. The molecule has 4 aromatic rings. The van der Waals surface area contributed by atoms with Gasteiger partial charge in [0.15, 0.2) is 5.65 Å². The van der Waals surface area contributed by atoms with Crippen LogP contribution in [0.15, 0.2) is 16.3 Å². The van der Waals surface area contributed by atoms with Crippen molar-refractivity contribution in [2.75, 3.05) is 0 Å². The molecule has 0 N–H and O–H groups in total. The zero-order chi connectivity index (χ0) is 22.8. The molecule has 4 heterocycles. The molecule has 0 aromatic carbocycles. The van der Waals surface area contributed by atoms with Crippen molar-refractivity contribution in [3.8, 4) is 11.3 Å². The highest BCUT2D eigenvalue weighted by molar-refractivity contribution is 9.11. The lowest BCUT2D eigenvalue weighted by molar-refractivity contribution is 0.0547. The Bertz CT molecular complexity index is 1340. The summed E-state index contributed by atoms with van der Waals surface area (Å²) in [5.74, 6) is 0.201. The number of carbonyl (C=O) groups excluding carboxylic acids is 1. The minimum Gasteiger partial charge on any atom is -0.443 e. The van der Waals surface area contributed by atoms with Crippen LogP contribution in [0.25, 0.3) is 27.1 Å². The third-order valence-electron chi connectivity index (χ3n) is 5.56. The van der Waals surface area contributed by atoms with E-state index in [-0.39, 0.29) is 12.0 Å². The van der Waals surface area contributed by atoms with E-state index in [0.717, 1.165) is 53.2 Å². The lowest BCUT2D eigenvalue weighted by Gasteiger charge is -2.22. The standard InChI is InChI=1S/C23H27BrN4O2S/c1-11(2)16-17-14(5)19(24)31-21(17)28(22(29)30-23(6,7)8)18(16)15-9-27-20(25-10-26-27)13(4)12(15)3/h9-11H,1-8H3. The highest BCUT2D eigenvalue weighted by atomic mass is 79.9. The summed E-state index contributed by atoms with van der Waals surface area (Å²) in [4.78, 5) is 18.8. The van der Waals surface area contributed by atoms with Crippen molar-refractivity contribution in [3.63, 3.8) is 0 Å². The van der Waals surface area contributed by atoms with Crippen LogP contribution in [0, 0.1) is 20.8 Å². The van der Waals surface area contributed by atoms with Gasteiger partial charge in [0, 0.05) is 17.1 Å². The first-order valence-electron chi connectivity index (χ1n) is 10.3. The molecule has 164 valence electrons. The molecule has 4 rings (SSSR count). The van der Waals surface area contributed by atoms with Crippen molar-refractivity contribution in [3.05, 3.63) is 38.6 Å². The molecular formula is C23H27BrN4O2S. The Morgan fingerprint density at radius 2 is 1.84 bits per heavy atom. The van der Waals surface area contributed by atoms with Gasteiger partial charge >= 0.3 is 6.09 Å². The van der Waals surface area contributed by atoms with Gasteiger partial charge in [-0.1, -0.05) is 13.8 Å². The summed E-state index contributed by atoms with van der Waals surface area (Å²) in [5, 5.41) is 5.48. The van der Waals surface area contributed by atoms with Crippen molar-refractivity contribution in [1.82, 2.24) is 19.2 Å². The third kappa shape index (κ3) is 3.49. The summed E-state index contributed by atoms with van der Waals surface area (Å²) in [6, 6.07) is 0. The SMILES string of the molecule is Cc1c(-c2c(C(C)C)c3c(C)c(Br)sc3n2C(=O)OC(C)(C)C)cn2ncnc2c1C. The van der Waals surface area contributed by atoms with E-state index in [9.17, 15) is 4.79 Å². The van der Waals surface area contributed by atoms with Gasteiger partial charge in [-0.3, -0.25) is 0 Å². The van der Waals surface area contributed by atoms with E-state index < -0.39 is 5.60 Å². The van der Waals surface area contributed by atoms with Gasteiger partial charge in [-0.2, -0.15) is 5.10 Å². The normalized spacial score (nSPS) is 12.5.